The van der Waals surface area contributed by atoms with E-state index in [-0.39, 0.29) is 5.69 Å². The van der Waals surface area contributed by atoms with Gasteiger partial charge in [0.25, 0.3) is 5.69 Å². The molecule has 92 valence electrons. The summed E-state index contributed by atoms with van der Waals surface area (Å²) < 4.78 is 5.48. The van der Waals surface area contributed by atoms with Crippen molar-refractivity contribution in [1.29, 1.82) is 0 Å². The first kappa shape index (κ1) is 12.3. The van der Waals surface area contributed by atoms with Crippen molar-refractivity contribution >= 4 is 17.3 Å². The van der Waals surface area contributed by atoms with Crippen molar-refractivity contribution in [3.05, 3.63) is 57.2 Å². The molecular formula is C12H9ClN2O3. The molecule has 0 N–H and O–H groups in total. The Morgan fingerprint density at radius 2 is 2.11 bits per heavy atom. The van der Waals surface area contributed by atoms with Crippen LogP contribution in [-0.2, 0) is 0 Å². The van der Waals surface area contributed by atoms with Gasteiger partial charge in [0.05, 0.1) is 11.0 Å². The number of hydrogen-bond acceptors (Lipinski definition) is 4. The molecule has 0 bridgehead atoms. The molecule has 0 saturated carbocycles. The molecule has 1 aromatic heterocycles. The molecule has 0 unspecified atom stereocenters. The number of aryl methyl sites for hydroxylation is 1. The van der Waals surface area contributed by atoms with Gasteiger partial charge in [0, 0.05) is 12.1 Å². The molecule has 2 rings (SSSR count). The maximum atomic E-state index is 10.7. The topological polar surface area (TPSA) is 65.3 Å². The van der Waals surface area contributed by atoms with Crippen molar-refractivity contribution in [3.63, 3.8) is 0 Å². The van der Waals surface area contributed by atoms with Crippen molar-refractivity contribution in [2.75, 3.05) is 0 Å². The summed E-state index contributed by atoms with van der Waals surface area (Å²) in [7, 11) is 0. The Labute approximate surface area is 108 Å². The molecule has 0 aliphatic heterocycles. The van der Waals surface area contributed by atoms with Gasteiger partial charge in [-0.1, -0.05) is 17.7 Å². The third-order valence-corrected chi connectivity index (χ3v) is 2.50. The molecular weight excluding hydrogens is 256 g/mol. The average molecular weight is 265 g/mol. The van der Waals surface area contributed by atoms with Gasteiger partial charge < -0.3 is 4.74 Å². The highest BCUT2D eigenvalue weighted by Crippen LogP contribution is 2.28. The lowest BCUT2D eigenvalue weighted by Gasteiger charge is -2.07. The lowest BCUT2D eigenvalue weighted by atomic mass is 10.2. The summed E-state index contributed by atoms with van der Waals surface area (Å²) in [5.41, 5.74) is 0.750. The van der Waals surface area contributed by atoms with Crippen molar-refractivity contribution < 1.29 is 9.66 Å². The van der Waals surface area contributed by atoms with Crippen LogP contribution in [0, 0.1) is 17.0 Å². The second kappa shape index (κ2) is 5.01. The lowest BCUT2D eigenvalue weighted by Crippen LogP contribution is -1.93. The molecule has 0 aliphatic rings. The minimum atomic E-state index is -0.475. The Bertz CT molecular complexity index is 602. The molecule has 0 saturated heterocycles. The van der Waals surface area contributed by atoms with Crippen LogP contribution >= 0.6 is 11.6 Å². The fraction of sp³-hybridized carbons (Fsp3) is 0.0833. The molecule has 1 aromatic carbocycles. The molecule has 6 heteroatoms. The van der Waals surface area contributed by atoms with E-state index in [0.717, 1.165) is 5.56 Å². The van der Waals surface area contributed by atoms with E-state index >= 15 is 0 Å². The van der Waals surface area contributed by atoms with Crippen LogP contribution in [0.5, 0.6) is 11.6 Å². The predicted octanol–water partition coefficient (Wildman–Crippen LogP) is 3.74. The van der Waals surface area contributed by atoms with Crippen LogP contribution in [0.25, 0.3) is 0 Å². The van der Waals surface area contributed by atoms with Crippen LogP contribution in [0.2, 0.25) is 5.15 Å². The number of hydrogen-bond donors (Lipinski definition) is 0. The highest BCUT2D eigenvalue weighted by molar-refractivity contribution is 6.29. The molecule has 0 aliphatic carbocycles. The highest BCUT2D eigenvalue weighted by atomic mass is 35.5. The molecule has 0 fully saturated rings. The second-order valence-electron chi connectivity index (χ2n) is 3.61. The van der Waals surface area contributed by atoms with Gasteiger partial charge in [-0.25, -0.2) is 4.98 Å². The van der Waals surface area contributed by atoms with Gasteiger partial charge in [-0.2, -0.15) is 0 Å². The van der Waals surface area contributed by atoms with Crippen LogP contribution in [0.4, 0.5) is 5.69 Å². The van der Waals surface area contributed by atoms with E-state index in [1.165, 1.54) is 12.1 Å². The Morgan fingerprint density at radius 3 is 2.78 bits per heavy atom. The van der Waals surface area contributed by atoms with Crippen LogP contribution in [0.1, 0.15) is 5.56 Å². The third kappa shape index (κ3) is 2.75. The number of halogens is 1. The number of pyridine rings is 1. The highest BCUT2D eigenvalue weighted by Gasteiger charge is 2.10. The molecule has 2 aromatic rings. The van der Waals surface area contributed by atoms with Crippen molar-refractivity contribution in [2.45, 2.75) is 6.92 Å². The summed E-state index contributed by atoms with van der Waals surface area (Å²) in [6.07, 6.45) is 0. The number of aromatic nitrogens is 1. The molecule has 0 spiro atoms. The summed E-state index contributed by atoms with van der Waals surface area (Å²) in [5.74, 6) is 0.685. The molecule has 0 atom stereocenters. The molecule has 0 amide bonds. The Hall–Kier alpha value is -2.14. The smallest absolute Gasteiger partial charge is 0.273 e. The molecule has 1 heterocycles. The largest absolute Gasteiger partial charge is 0.438 e. The van der Waals surface area contributed by atoms with Crippen molar-refractivity contribution in [2.24, 2.45) is 0 Å². The molecule has 18 heavy (non-hydrogen) atoms. The Morgan fingerprint density at radius 1 is 1.33 bits per heavy atom. The van der Waals surface area contributed by atoms with Crippen LogP contribution in [-0.4, -0.2) is 9.91 Å². The summed E-state index contributed by atoms with van der Waals surface area (Å²) in [4.78, 5) is 14.2. The summed E-state index contributed by atoms with van der Waals surface area (Å²) >= 11 is 5.73. The number of nitro groups is 1. The minimum Gasteiger partial charge on any atom is -0.438 e. The first-order valence-corrected chi connectivity index (χ1v) is 5.49. The average Bonchev–Trinajstić information content (AvgIpc) is 2.31. The van der Waals surface area contributed by atoms with E-state index in [0.29, 0.717) is 16.8 Å². The lowest BCUT2D eigenvalue weighted by molar-refractivity contribution is -0.384. The van der Waals surface area contributed by atoms with E-state index in [4.69, 9.17) is 16.3 Å². The summed E-state index contributed by atoms with van der Waals surface area (Å²) in [5, 5.41) is 11.0. The van der Waals surface area contributed by atoms with Crippen molar-refractivity contribution in [1.82, 2.24) is 4.98 Å². The Balaban J connectivity index is 2.33. The van der Waals surface area contributed by atoms with E-state index in [9.17, 15) is 10.1 Å². The monoisotopic (exact) mass is 264 g/mol. The van der Waals surface area contributed by atoms with Crippen molar-refractivity contribution in [3.8, 4) is 11.6 Å². The number of benzene rings is 1. The molecule has 5 nitrogen and oxygen atoms in total. The van der Waals surface area contributed by atoms with Crippen LogP contribution < -0.4 is 4.74 Å². The summed E-state index contributed by atoms with van der Waals surface area (Å²) in [6.45, 7) is 1.80. The number of rotatable bonds is 3. The maximum absolute atomic E-state index is 10.7. The summed E-state index contributed by atoms with van der Waals surface area (Å²) in [6, 6.07) is 9.35. The zero-order chi connectivity index (χ0) is 13.1. The number of nitrogens with zero attached hydrogens (tertiary/aromatic N) is 2. The van der Waals surface area contributed by atoms with Gasteiger partial charge in [-0.15, -0.1) is 0 Å². The fourth-order valence-electron chi connectivity index (χ4n) is 1.37. The number of nitro benzene ring substituents is 1. The zero-order valence-corrected chi connectivity index (χ0v) is 10.2. The first-order chi connectivity index (χ1) is 8.56. The molecule has 0 radical (unpaired) electrons. The van der Waals surface area contributed by atoms with Gasteiger partial charge in [0.1, 0.15) is 10.9 Å². The zero-order valence-electron chi connectivity index (χ0n) is 9.46. The van der Waals surface area contributed by atoms with Gasteiger partial charge in [-0.3, -0.25) is 10.1 Å². The minimum absolute atomic E-state index is 0.0300. The normalized spacial score (nSPS) is 10.1. The predicted molar refractivity (Wildman–Crippen MR) is 67.2 cm³/mol. The number of ether oxygens (including phenoxy) is 1. The number of non-ortho nitro benzene ring substituents is 1. The maximum Gasteiger partial charge on any atom is 0.273 e. The fourth-order valence-corrected chi connectivity index (χ4v) is 1.53. The van der Waals surface area contributed by atoms with Gasteiger partial charge in [-0.05, 0) is 24.6 Å². The Kier molecular flexibility index (Phi) is 3.43. The van der Waals surface area contributed by atoms with Gasteiger partial charge in [0.2, 0.25) is 5.88 Å². The standard InChI is InChI=1S/C12H9ClN2O3/c1-8-5-6-9(15(16)17)7-10(8)18-12-4-2-3-11(13)14-12/h2-7H,1H3. The van der Waals surface area contributed by atoms with Gasteiger partial charge in [0.15, 0.2) is 0 Å². The van der Waals surface area contributed by atoms with Crippen LogP contribution in [0.15, 0.2) is 36.4 Å². The SMILES string of the molecule is Cc1ccc([N+](=O)[O-])cc1Oc1cccc(Cl)n1. The van der Waals surface area contributed by atoms with E-state index in [1.807, 2.05) is 0 Å². The van der Waals surface area contributed by atoms with E-state index in [1.54, 1.807) is 31.2 Å². The third-order valence-electron chi connectivity index (χ3n) is 2.29. The first-order valence-electron chi connectivity index (χ1n) is 5.12. The van der Waals surface area contributed by atoms with Gasteiger partial charge >= 0.3 is 0 Å². The van der Waals surface area contributed by atoms with E-state index in [2.05, 4.69) is 4.98 Å². The second-order valence-corrected chi connectivity index (χ2v) is 3.99. The quantitative estimate of drug-likeness (QED) is 0.481. The van der Waals surface area contributed by atoms with Crippen LogP contribution in [0.3, 0.4) is 0 Å². The van der Waals surface area contributed by atoms with E-state index < -0.39 is 4.92 Å².